The summed E-state index contributed by atoms with van der Waals surface area (Å²) in [6.45, 7) is 4.37. The Hall–Kier alpha value is -1.81. The smallest absolute Gasteiger partial charge is 0.178 e. The fourth-order valence-electron chi connectivity index (χ4n) is 1.64. The van der Waals surface area contributed by atoms with Crippen molar-refractivity contribution in [1.82, 2.24) is 15.0 Å². The summed E-state index contributed by atoms with van der Waals surface area (Å²) in [6, 6.07) is 5.70. The van der Waals surface area contributed by atoms with Crippen molar-refractivity contribution in [2.45, 2.75) is 20.4 Å². The van der Waals surface area contributed by atoms with Gasteiger partial charge in [-0.05, 0) is 26.0 Å². The fourth-order valence-corrected chi connectivity index (χ4v) is 1.64. The van der Waals surface area contributed by atoms with Gasteiger partial charge in [0.2, 0.25) is 0 Å². The summed E-state index contributed by atoms with van der Waals surface area (Å²) in [6.07, 6.45) is 1.74. The lowest BCUT2D eigenvalue weighted by atomic mass is 10.1. The minimum absolute atomic E-state index is 0.472. The first-order valence-electron chi connectivity index (χ1n) is 5.18. The van der Waals surface area contributed by atoms with E-state index in [9.17, 15) is 0 Å². The van der Waals surface area contributed by atoms with E-state index in [2.05, 4.69) is 15.0 Å². The first kappa shape index (κ1) is 10.7. The third-order valence-corrected chi connectivity index (χ3v) is 2.52. The summed E-state index contributed by atoms with van der Waals surface area (Å²) in [5, 5.41) is 0. The molecule has 16 heavy (non-hydrogen) atoms. The predicted molar refractivity (Wildman–Crippen MR) is 62.6 cm³/mol. The standard InChI is InChI=1S/C12H14N4/c1-8-10(7-13)9(2)16-12(15-8)11-5-3-4-6-14-11/h3-6H,7,13H2,1-2H3. The van der Waals surface area contributed by atoms with Crippen LogP contribution in [0.15, 0.2) is 24.4 Å². The summed E-state index contributed by atoms with van der Waals surface area (Å²) >= 11 is 0. The zero-order valence-corrected chi connectivity index (χ0v) is 9.44. The van der Waals surface area contributed by atoms with Crippen LogP contribution in [0.3, 0.4) is 0 Å². The Morgan fingerprint density at radius 2 is 1.81 bits per heavy atom. The molecule has 0 bridgehead atoms. The van der Waals surface area contributed by atoms with Crippen LogP contribution in [0.4, 0.5) is 0 Å². The molecule has 2 rings (SSSR count). The van der Waals surface area contributed by atoms with Crippen molar-refractivity contribution in [1.29, 1.82) is 0 Å². The quantitative estimate of drug-likeness (QED) is 0.825. The number of hydrogen-bond acceptors (Lipinski definition) is 4. The van der Waals surface area contributed by atoms with E-state index in [1.807, 2.05) is 32.0 Å². The molecule has 2 aromatic rings. The largest absolute Gasteiger partial charge is 0.326 e. The van der Waals surface area contributed by atoms with Gasteiger partial charge in [-0.25, -0.2) is 9.97 Å². The Balaban J connectivity index is 2.53. The second kappa shape index (κ2) is 4.37. The maximum Gasteiger partial charge on any atom is 0.178 e. The van der Waals surface area contributed by atoms with Crippen LogP contribution in [0.2, 0.25) is 0 Å². The van der Waals surface area contributed by atoms with Gasteiger partial charge in [0.05, 0.1) is 0 Å². The molecule has 4 nitrogen and oxygen atoms in total. The molecular weight excluding hydrogens is 200 g/mol. The highest BCUT2D eigenvalue weighted by molar-refractivity contribution is 5.49. The lowest BCUT2D eigenvalue weighted by molar-refractivity contribution is 0.934. The van der Waals surface area contributed by atoms with Crippen LogP contribution in [0.1, 0.15) is 17.0 Å². The van der Waals surface area contributed by atoms with Gasteiger partial charge < -0.3 is 5.73 Å². The van der Waals surface area contributed by atoms with E-state index in [0.717, 1.165) is 22.6 Å². The minimum atomic E-state index is 0.472. The highest BCUT2D eigenvalue weighted by atomic mass is 14.9. The van der Waals surface area contributed by atoms with E-state index in [1.165, 1.54) is 0 Å². The molecule has 82 valence electrons. The van der Waals surface area contributed by atoms with Crippen molar-refractivity contribution in [2.24, 2.45) is 5.73 Å². The van der Waals surface area contributed by atoms with E-state index in [4.69, 9.17) is 5.73 Å². The Bertz CT molecular complexity index is 471. The molecule has 0 amide bonds. The molecule has 4 heteroatoms. The molecule has 0 saturated heterocycles. The normalized spacial score (nSPS) is 10.4. The summed E-state index contributed by atoms with van der Waals surface area (Å²) < 4.78 is 0. The van der Waals surface area contributed by atoms with Gasteiger partial charge in [-0.3, -0.25) is 4.98 Å². The maximum atomic E-state index is 5.64. The molecule has 0 aliphatic heterocycles. The molecule has 0 unspecified atom stereocenters. The third kappa shape index (κ3) is 1.92. The van der Waals surface area contributed by atoms with Crippen molar-refractivity contribution in [2.75, 3.05) is 0 Å². The first-order chi connectivity index (χ1) is 7.72. The predicted octanol–water partition coefficient (Wildman–Crippen LogP) is 1.61. The second-order valence-corrected chi connectivity index (χ2v) is 3.62. The van der Waals surface area contributed by atoms with Crippen LogP contribution < -0.4 is 5.73 Å². The Morgan fingerprint density at radius 1 is 1.12 bits per heavy atom. The van der Waals surface area contributed by atoms with Gasteiger partial charge in [-0.15, -0.1) is 0 Å². The zero-order valence-electron chi connectivity index (χ0n) is 9.44. The first-order valence-corrected chi connectivity index (χ1v) is 5.18. The van der Waals surface area contributed by atoms with Gasteiger partial charge in [0, 0.05) is 29.7 Å². The van der Waals surface area contributed by atoms with Gasteiger partial charge in [-0.2, -0.15) is 0 Å². The van der Waals surface area contributed by atoms with Crippen LogP contribution >= 0.6 is 0 Å². The van der Waals surface area contributed by atoms with Gasteiger partial charge in [-0.1, -0.05) is 6.07 Å². The van der Waals surface area contributed by atoms with Crippen molar-refractivity contribution in [3.05, 3.63) is 41.3 Å². The summed E-state index contributed by atoms with van der Waals surface area (Å²) in [5.74, 6) is 0.660. The fraction of sp³-hybridized carbons (Fsp3) is 0.250. The van der Waals surface area contributed by atoms with Crippen LogP contribution in [-0.4, -0.2) is 15.0 Å². The number of nitrogens with zero attached hydrogens (tertiary/aromatic N) is 3. The van der Waals surface area contributed by atoms with Crippen molar-refractivity contribution in [3.8, 4) is 11.5 Å². The van der Waals surface area contributed by atoms with Crippen molar-refractivity contribution < 1.29 is 0 Å². The van der Waals surface area contributed by atoms with Crippen LogP contribution in [0, 0.1) is 13.8 Å². The van der Waals surface area contributed by atoms with E-state index < -0.39 is 0 Å². The van der Waals surface area contributed by atoms with Crippen molar-refractivity contribution in [3.63, 3.8) is 0 Å². The monoisotopic (exact) mass is 214 g/mol. The topological polar surface area (TPSA) is 64.7 Å². The maximum absolute atomic E-state index is 5.64. The average molecular weight is 214 g/mol. The van der Waals surface area contributed by atoms with Crippen LogP contribution in [-0.2, 0) is 6.54 Å². The summed E-state index contributed by atoms with van der Waals surface area (Å²) in [7, 11) is 0. The van der Waals surface area contributed by atoms with Crippen molar-refractivity contribution >= 4 is 0 Å². The molecule has 0 radical (unpaired) electrons. The van der Waals surface area contributed by atoms with Gasteiger partial charge in [0.15, 0.2) is 5.82 Å². The summed E-state index contributed by atoms with van der Waals surface area (Å²) in [5.41, 5.74) is 9.30. The highest BCUT2D eigenvalue weighted by Gasteiger charge is 2.08. The molecular formula is C12H14N4. The van der Waals surface area contributed by atoms with E-state index in [-0.39, 0.29) is 0 Å². The highest BCUT2D eigenvalue weighted by Crippen LogP contribution is 2.16. The summed E-state index contributed by atoms with van der Waals surface area (Å²) in [4.78, 5) is 13.1. The van der Waals surface area contributed by atoms with Crippen LogP contribution in [0.5, 0.6) is 0 Å². The molecule has 0 fully saturated rings. The van der Waals surface area contributed by atoms with Gasteiger partial charge in [0.25, 0.3) is 0 Å². The molecule has 0 atom stereocenters. The number of nitrogens with two attached hydrogens (primary N) is 1. The molecule has 0 aliphatic carbocycles. The molecule has 2 aromatic heterocycles. The zero-order chi connectivity index (χ0) is 11.5. The molecule has 0 aliphatic rings. The minimum Gasteiger partial charge on any atom is -0.326 e. The lowest BCUT2D eigenvalue weighted by Crippen LogP contribution is -2.07. The Kier molecular flexibility index (Phi) is 2.92. The average Bonchev–Trinajstić information content (AvgIpc) is 2.30. The Morgan fingerprint density at radius 3 is 2.31 bits per heavy atom. The van der Waals surface area contributed by atoms with Gasteiger partial charge >= 0.3 is 0 Å². The molecule has 0 spiro atoms. The SMILES string of the molecule is Cc1nc(-c2ccccn2)nc(C)c1CN. The molecule has 0 saturated carbocycles. The Labute approximate surface area is 94.6 Å². The van der Waals surface area contributed by atoms with E-state index >= 15 is 0 Å². The van der Waals surface area contributed by atoms with Gasteiger partial charge in [0.1, 0.15) is 5.69 Å². The lowest BCUT2D eigenvalue weighted by Gasteiger charge is -2.08. The number of pyridine rings is 1. The molecule has 0 aromatic carbocycles. The van der Waals surface area contributed by atoms with Crippen LogP contribution in [0.25, 0.3) is 11.5 Å². The number of hydrogen-bond donors (Lipinski definition) is 1. The number of aryl methyl sites for hydroxylation is 2. The molecule has 2 N–H and O–H groups in total. The third-order valence-electron chi connectivity index (χ3n) is 2.52. The van der Waals surface area contributed by atoms with E-state index in [0.29, 0.717) is 12.4 Å². The number of aromatic nitrogens is 3. The second-order valence-electron chi connectivity index (χ2n) is 3.62. The van der Waals surface area contributed by atoms with E-state index in [1.54, 1.807) is 6.20 Å². The number of rotatable bonds is 2. The molecule has 2 heterocycles.